The number of fused-ring (bicyclic) bond motifs is 1. The first-order chi connectivity index (χ1) is 14.6. The average Bonchev–Trinajstić information content (AvgIpc) is 3.47. The lowest BCUT2D eigenvalue weighted by Crippen LogP contribution is -2.40. The number of nitrogens with zero attached hydrogens (tertiary/aromatic N) is 1. The van der Waals surface area contributed by atoms with Gasteiger partial charge in [0, 0.05) is 25.4 Å². The highest BCUT2D eigenvalue weighted by Gasteiger charge is 2.45. The maximum Gasteiger partial charge on any atom is 0.222 e. The zero-order chi connectivity index (χ0) is 20.9. The first-order valence-corrected chi connectivity index (χ1v) is 12.2. The van der Waals surface area contributed by atoms with E-state index in [1.807, 2.05) is 11.0 Å². The van der Waals surface area contributed by atoms with Crippen LogP contribution in [0.3, 0.4) is 0 Å². The third-order valence-corrected chi connectivity index (χ3v) is 7.92. The number of hydrogen-bond donors (Lipinski definition) is 2. The number of carbonyl (C=O) groups excluding carboxylic acids is 1. The number of unbranched alkanes of at least 4 members (excludes halogenated alkanes) is 1. The van der Waals surface area contributed by atoms with Gasteiger partial charge < -0.3 is 19.8 Å². The number of carbonyl (C=O) groups is 1. The molecule has 4 fully saturated rings. The van der Waals surface area contributed by atoms with Gasteiger partial charge in [0.05, 0.1) is 25.4 Å². The molecule has 1 saturated heterocycles. The number of rotatable bonds is 7. The molecule has 0 aromatic carbocycles. The topological polar surface area (TPSA) is 70.0 Å². The molecule has 1 amide bonds. The van der Waals surface area contributed by atoms with Crippen molar-refractivity contribution in [1.29, 1.82) is 0 Å². The number of hydrogen-bond acceptors (Lipinski definition) is 4. The molecule has 0 bridgehead atoms. The molecular formula is C25H39NO4. The summed E-state index contributed by atoms with van der Waals surface area (Å²) in [5, 5.41) is 21.0. The first-order valence-electron chi connectivity index (χ1n) is 12.2. The molecule has 2 N–H and O–H groups in total. The number of morpholine rings is 1. The van der Waals surface area contributed by atoms with Gasteiger partial charge in [-0.05, 0) is 62.7 Å². The number of amides is 1. The van der Waals surface area contributed by atoms with Gasteiger partial charge in [-0.2, -0.15) is 0 Å². The van der Waals surface area contributed by atoms with Gasteiger partial charge in [0.2, 0.25) is 5.91 Å². The molecule has 1 aliphatic heterocycles. The van der Waals surface area contributed by atoms with Crippen molar-refractivity contribution in [3.8, 4) is 0 Å². The summed E-state index contributed by atoms with van der Waals surface area (Å²) in [6.07, 6.45) is 16.1. The monoisotopic (exact) mass is 417 g/mol. The Bertz CT molecular complexity index is 633. The molecule has 3 aliphatic carbocycles. The molecule has 5 heteroatoms. The third-order valence-electron chi connectivity index (χ3n) is 7.92. The van der Waals surface area contributed by atoms with Crippen LogP contribution in [0.25, 0.3) is 0 Å². The minimum Gasteiger partial charge on any atom is -0.392 e. The summed E-state index contributed by atoms with van der Waals surface area (Å²) in [7, 11) is 0. The molecular weight excluding hydrogens is 378 g/mol. The highest BCUT2D eigenvalue weighted by Crippen LogP contribution is 2.50. The number of allylic oxidation sites excluding steroid dienone is 2. The molecule has 5 atom stereocenters. The Morgan fingerprint density at radius 2 is 1.97 bits per heavy atom. The lowest BCUT2D eigenvalue weighted by Gasteiger charge is -2.26. The van der Waals surface area contributed by atoms with Gasteiger partial charge in [-0.25, -0.2) is 0 Å². The average molecular weight is 418 g/mol. The third kappa shape index (κ3) is 5.35. The summed E-state index contributed by atoms with van der Waals surface area (Å²) in [6.45, 7) is 2.79. The molecule has 168 valence electrons. The van der Waals surface area contributed by atoms with Crippen molar-refractivity contribution in [3.05, 3.63) is 23.8 Å². The van der Waals surface area contributed by atoms with E-state index in [1.54, 1.807) is 0 Å². The molecule has 0 aromatic rings. The minimum atomic E-state index is -0.348. The van der Waals surface area contributed by atoms with Crippen LogP contribution < -0.4 is 0 Å². The van der Waals surface area contributed by atoms with Crippen LogP contribution in [0.5, 0.6) is 0 Å². The van der Waals surface area contributed by atoms with E-state index < -0.39 is 0 Å². The Morgan fingerprint density at radius 3 is 2.73 bits per heavy atom. The van der Waals surface area contributed by atoms with Crippen LogP contribution in [0, 0.1) is 23.7 Å². The fraction of sp³-hybridized carbons (Fsp3) is 0.800. The van der Waals surface area contributed by atoms with E-state index in [2.05, 4.69) is 12.2 Å². The Kier molecular flexibility index (Phi) is 7.66. The van der Waals surface area contributed by atoms with E-state index in [9.17, 15) is 15.0 Å². The smallest absolute Gasteiger partial charge is 0.222 e. The molecule has 0 unspecified atom stereocenters. The van der Waals surface area contributed by atoms with Gasteiger partial charge in [-0.3, -0.25) is 4.79 Å². The van der Waals surface area contributed by atoms with Crippen molar-refractivity contribution < 1.29 is 19.7 Å². The van der Waals surface area contributed by atoms with E-state index in [1.165, 1.54) is 18.4 Å². The van der Waals surface area contributed by atoms with Crippen LogP contribution >= 0.6 is 0 Å². The quantitative estimate of drug-likeness (QED) is 0.492. The van der Waals surface area contributed by atoms with Crippen molar-refractivity contribution in [1.82, 2.24) is 4.90 Å². The second kappa shape index (κ2) is 10.4. The predicted molar refractivity (Wildman–Crippen MR) is 117 cm³/mol. The lowest BCUT2D eigenvalue weighted by molar-refractivity contribution is -0.135. The highest BCUT2D eigenvalue weighted by molar-refractivity contribution is 5.76. The largest absolute Gasteiger partial charge is 0.392 e. The van der Waals surface area contributed by atoms with Gasteiger partial charge in [0.25, 0.3) is 0 Å². The first kappa shape index (κ1) is 22.0. The van der Waals surface area contributed by atoms with Crippen LogP contribution in [-0.4, -0.2) is 59.5 Å². The standard InChI is InChI=1S/C25H39NO4/c27-23(19-6-2-3-7-19)10-9-21-22-16-18(15-20(22)17-24(21)28)5-1-4-8-25(29)26-11-13-30-14-12-26/h5,9-10,19-24,27-28H,1-4,6-8,11-17H2/t20-,21+,22-,23+,24+/m0/s1. The molecule has 0 spiro atoms. The zero-order valence-electron chi connectivity index (χ0n) is 18.3. The molecule has 3 saturated carbocycles. The Morgan fingerprint density at radius 1 is 1.20 bits per heavy atom. The lowest BCUT2D eigenvalue weighted by atomic mass is 9.89. The summed E-state index contributed by atoms with van der Waals surface area (Å²) >= 11 is 0. The number of aliphatic hydroxyl groups excluding tert-OH is 2. The summed E-state index contributed by atoms with van der Waals surface area (Å²) in [4.78, 5) is 14.2. The van der Waals surface area contributed by atoms with Gasteiger partial charge in [0.1, 0.15) is 0 Å². The molecule has 4 aliphatic rings. The minimum absolute atomic E-state index is 0.180. The second-order valence-electron chi connectivity index (χ2n) is 9.88. The molecule has 4 rings (SSSR count). The van der Waals surface area contributed by atoms with E-state index in [-0.39, 0.29) is 24.0 Å². The molecule has 0 radical (unpaired) electrons. The van der Waals surface area contributed by atoms with Crippen LogP contribution in [-0.2, 0) is 9.53 Å². The molecule has 0 aromatic heterocycles. The summed E-state index contributed by atoms with van der Waals surface area (Å²) < 4.78 is 5.31. The molecule has 30 heavy (non-hydrogen) atoms. The summed E-state index contributed by atoms with van der Waals surface area (Å²) in [6, 6.07) is 0. The maximum absolute atomic E-state index is 12.2. The van der Waals surface area contributed by atoms with E-state index >= 15 is 0 Å². The summed E-state index contributed by atoms with van der Waals surface area (Å²) in [5.41, 5.74) is 1.51. The van der Waals surface area contributed by atoms with E-state index in [0.717, 1.165) is 58.0 Å². The van der Waals surface area contributed by atoms with Crippen molar-refractivity contribution in [2.45, 2.75) is 76.4 Å². The van der Waals surface area contributed by atoms with Crippen molar-refractivity contribution >= 4 is 5.91 Å². The summed E-state index contributed by atoms with van der Waals surface area (Å²) in [5.74, 6) is 1.93. The predicted octanol–water partition coefficient (Wildman–Crippen LogP) is 3.46. The van der Waals surface area contributed by atoms with Crippen LogP contribution in [0.15, 0.2) is 23.8 Å². The van der Waals surface area contributed by atoms with E-state index in [0.29, 0.717) is 37.4 Å². The van der Waals surface area contributed by atoms with Crippen molar-refractivity contribution in [2.75, 3.05) is 26.3 Å². The Labute approximate surface area is 181 Å². The van der Waals surface area contributed by atoms with Gasteiger partial charge >= 0.3 is 0 Å². The number of ether oxygens (including phenoxy) is 1. The van der Waals surface area contributed by atoms with Gasteiger partial charge in [0.15, 0.2) is 0 Å². The molecule has 1 heterocycles. The second-order valence-corrected chi connectivity index (χ2v) is 9.88. The van der Waals surface area contributed by atoms with Crippen LogP contribution in [0.2, 0.25) is 0 Å². The normalized spacial score (nSPS) is 34.9. The SMILES string of the molecule is O=C(CCCC=C1C[C@H]2C[C@@H](O)[C@H](C=C[C@@H](O)C3CCCC3)[C@H]2C1)N1CCOCC1. The van der Waals surface area contributed by atoms with Gasteiger partial charge in [-0.15, -0.1) is 0 Å². The van der Waals surface area contributed by atoms with Gasteiger partial charge in [-0.1, -0.05) is 36.6 Å². The Hall–Kier alpha value is -1.17. The van der Waals surface area contributed by atoms with E-state index in [4.69, 9.17) is 4.74 Å². The van der Waals surface area contributed by atoms with Crippen molar-refractivity contribution in [2.24, 2.45) is 23.7 Å². The maximum atomic E-state index is 12.2. The fourth-order valence-electron chi connectivity index (χ4n) is 6.17. The fourth-order valence-corrected chi connectivity index (χ4v) is 6.17. The Balaban J connectivity index is 1.22. The zero-order valence-corrected chi connectivity index (χ0v) is 18.3. The molecule has 5 nitrogen and oxygen atoms in total. The van der Waals surface area contributed by atoms with Crippen molar-refractivity contribution in [3.63, 3.8) is 0 Å². The highest BCUT2D eigenvalue weighted by atomic mass is 16.5. The van der Waals surface area contributed by atoms with Crippen LogP contribution in [0.1, 0.15) is 64.2 Å². The van der Waals surface area contributed by atoms with Crippen LogP contribution in [0.4, 0.5) is 0 Å². The number of aliphatic hydroxyl groups is 2.